The van der Waals surface area contributed by atoms with Crippen molar-refractivity contribution in [3.63, 3.8) is 0 Å². The van der Waals surface area contributed by atoms with E-state index in [1.54, 1.807) is 13.8 Å². The van der Waals surface area contributed by atoms with E-state index >= 15 is 0 Å². The largest absolute Gasteiger partial charge is 0.516 e. The van der Waals surface area contributed by atoms with E-state index in [0.717, 1.165) is 5.56 Å². The van der Waals surface area contributed by atoms with E-state index in [4.69, 9.17) is 23.7 Å². The van der Waals surface area contributed by atoms with Gasteiger partial charge in [-0.1, -0.05) is 44.2 Å². The molecule has 2 rings (SSSR count). The van der Waals surface area contributed by atoms with Crippen LogP contribution in [0.2, 0.25) is 0 Å². The molecule has 0 unspecified atom stereocenters. The topological polar surface area (TPSA) is 80.3 Å². The molecule has 144 valence electrons. The number of hydrogen-bond donors (Lipinski definition) is 0. The minimum atomic E-state index is -1.06. The zero-order chi connectivity index (χ0) is 19.2. The lowest BCUT2D eigenvalue weighted by molar-refractivity contribution is -0.168. The molecule has 0 N–H and O–H groups in total. The SMILES string of the molecule is CC(C)COC(=O)OC(=O)[C@H]1OC(C)(C)O[C@@H]1COCc1ccccc1. The number of carbonyl (C=O) groups excluding carboxylic acids is 2. The quantitative estimate of drug-likeness (QED) is 0.542. The number of carbonyl (C=O) groups is 2. The summed E-state index contributed by atoms with van der Waals surface area (Å²) >= 11 is 0. The van der Waals surface area contributed by atoms with Gasteiger partial charge in [-0.05, 0) is 25.3 Å². The highest BCUT2D eigenvalue weighted by Crippen LogP contribution is 2.29. The molecule has 0 radical (unpaired) electrons. The summed E-state index contributed by atoms with van der Waals surface area (Å²) in [6.45, 7) is 7.79. The third-order valence-electron chi connectivity index (χ3n) is 3.53. The number of benzene rings is 1. The number of rotatable bonds is 7. The maximum Gasteiger partial charge on any atom is 0.516 e. The van der Waals surface area contributed by atoms with Crippen LogP contribution in [0.5, 0.6) is 0 Å². The van der Waals surface area contributed by atoms with Gasteiger partial charge in [0.1, 0.15) is 6.10 Å². The van der Waals surface area contributed by atoms with Crippen molar-refractivity contribution in [2.45, 2.75) is 52.3 Å². The van der Waals surface area contributed by atoms with Gasteiger partial charge in [0.05, 0.1) is 19.8 Å². The lowest BCUT2D eigenvalue weighted by Crippen LogP contribution is -2.37. The molecule has 0 saturated carbocycles. The van der Waals surface area contributed by atoms with Crippen molar-refractivity contribution in [1.29, 1.82) is 0 Å². The van der Waals surface area contributed by atoms with E-state index in [1.165, 1.54) is 0 Å². The molecule has 0 aliphatic carbocycles. The second-order valence-electron chi connectivity index (χ2n) is 6.97. The Kier molecular flexibility index (Phi) is 7.14. The van der Waals surface area contributed by atoms with Crippen LogP contribution in [-0.4, -0.2) is 43.3 Å². The Morgan fingerprint density at radius 2 is 1.85 bits per heavy atom. The second kappa shape index (κ2) is 9.12. The maximum atomic E-state index is 12.2. The fourth-order valence-electron chi connectivity index (χ4n) is 2.43. The Hall–Kier alpha value is -1.96. The van der Waals surface area contributed by atoms with E-state index in [1.807, 2.05) is 44.2 Å². The van der Waals surface area contributed by atoms with Crippen LogP contribution in [0.4, 0.5) is 4.79 Å². The summed E-state index contributed by atoms with van der Waals surface area (Å²) < 4.78 is 26.5. The molecule has 0 amide bonds. The van der Waals surface area contributed by atoms with Crippen LogP contribution in [0, 0.1) is 5.92 Å². The first-order valence-corrected chi connectivity index (χ1v) is 8.62. The highest BCUT2D eigenvalue weighted by atomic mass is 16.8. The van der Waals surface area contributed by atoms with Gasteiger partial charge in [0, 0.05) is 0 Å². The summed E-state index contributed by atoms with van der Waals surface area (Å²) in [7, 11) is 0. The lowest BCUT2D eigenvalue weighted by Gasteiger charge is -2.16. The van der Waals surface area contributed by atoms with Gasteiger partial charge in [0.25, 0.3) is 0 Å². The Balaban J connectivity index is 1.87. The summed E-state index contributed by atoms with van der Waals surface area (Å²) in [4.78, 5) is 23.8. The van der Waals surface area contributed by atoms with Gasteiger partial charge in [-0.3, -0.25) is 0 Å². The molecule has 2 atom stereocenters. The minimum Gasteiger partial charge on any atom is -0.434 e. The average Bonchev–Trinajstić information content (AvgIpc) is 2.89. The van der Waals surface area contributed by atoms with Gasteiger partial charge in [0.15, 0.2) is 11.9 Å². The van der Waals surface area contributed by atoms with Gasteiger partial charge in [-0.25, -0.2) is 9.59 Å². The van der Waals surface area contributed by atoms with Crippen molar-refractivity contribution in [3.8, 4) is 0 Å². The van der Waals surface area contributed by atoms with Crippen LogP contribution in [0.1, 0.15) is 33.3 Å². The fraction of sp³-hybridized carbons (Fsp3) is 0.579. The highest BCUT2D eigenvalue weighted by Gasteiger charge is 2.47. The predicted octanol–water partition coefficient (Wildman–Crippen LogP) is 3.06. The van der Waals surface area contributed by atoms with Gasteiger partial charge in [0.2, 0.25) is 0 Å². The summed E-state index contributed by atoms with van der Waals surface area (Å²) in [6, 6.07) is 9.63. The van der Waals surface area contributed by atoms with E-state index < -0.39 is 30.1 Å². The van der Waals surface area contributed by atoms with Crippen LogP contribution in [0.25, 0.3) is 0 Å². The van der Waals surface area contributed by atoms with E-state index in [-0.39, 0.29) is 19.1 Å². The smallest absolute Gasteiger partial charge is 0.434 e. The van der Waals surface area contributed by atoms with Crippen molar-refractivity contribution >= 4 is 12.1 Å². The molecule has 1 aliphatic heterocycles. The van der Waals surface area contributed by atoms with Crippen LogP contribution < -0.4 is 0 Å². The summed E-state index contributed by atoms with van der Waals surface area (Å²) in [5, 5.41) is 0. The normalized spacial score (nSPS) is 21.6. The number of hydrogen-bond acceptors (Lipinski definition) is 7. The molecular formula is C19H26O7. The highest BCUT2D eigenvalue weighted by molar-refractivity contribution is 5.85. The van der Waals surface area contributed by atoms with Gasteiger partial charge in [-0.2, -0.15) is 0 Å². The fourth-order valence-corrected chi connectivity index (χ4v) is 2.43. The third kappa shape index (κ3) is 6.40. The van der Waals surface area contributed by atoms with Crippen LogP contribution in [0.3, 0.4) is 0 Å². The summed E-state index contributed by atoms with van der Waals surface area (Å²) in [5.41, 5.74) is 1.00. The van der Waals surface area contributed by atoms with Gasteiger partial charge >= 0.3 is 12.1 Å². The molecule has 0 aromatic heterocycles. The Labute approximate surface area is 153 Å². The van der Waals surface area contributed by atoms with E-state index in [2.05, 4.69) is 0 Å². The molecular weight excluding hydrogens is 340 g/mol. The Morgan fingerprint density at radius 1 is 1.15 bits per heavy atom. The van der Waals surface area contributed by atoms with Crippen molar-refractivity contribution < 1.29 is 33.3 Å². The average molecular weight is 366 g/mol. The number of esters is 1. The Bertz CT molecular complexity index is 597. The van der Waals surface area contributed by atoms with Crippen molar-refractivity contribution in [2.24, 2.45) is 5.92 Å². The van der Waals surface area contributed by atoms with Crippen molar-refractivity contribution in [1.82, 2.24) is 0 Å². The summed E-state index contributed by atoms with van der Waals surface area (Å²) in [6.07, 6.45) is -2.78. The van der Waals surface area contributed by atoms with Crippen molar-refractivity contribution in [3.05, 3.63) is 35.9 Å². The van der Waals surface area contributed by atoms with Gasteiger partial charge in [-0.15, -0.1) is 0 Å². The molecule has 1 fully saturated rings. The first-order valence-electron chi connectivity index (χ1n) is 8.62. The van der Waals surface area contributed by atoms with Crippen LogP contribution in [0.15, 0.2) is 30.3 Å². The zero-order valence-electron chi connectivity index (χ0n) is 15.6. The molecule has 1 aliphatic rings. The molecule has 7 nitrogen and oxygen atoms in total. The first-order chi connectivity index (χ1) is 12.3. The summed E-state index contributed by atoms with van der Waals surface area (Å²) in [5.74, 6) is -1.69. The predicted molar refractivity (Wildman–Crippen MR) is 92.2 cm³/mol. The molecule has 26 heavy (non-hydrogen) atoms. The zero-order valence-corrected chi connectivity index (χ0v) is 15.6. The first kappa shape index (κ1) is 20.4. The van der Waals surface area contributed by atoms with E-state index in [9.17, 15) is 9.59 Å². The minimum absolute atomic E-state index is 0.124. The monoisotopic (exact) mass is 366 g/mol. The van der Waals surface area contributed by atoms with Gasteiger partial charge < -0.3 is 23.7 Å². The van der Waals surface area contributed by atoms with E-state index in [0.29, 0.717) is 6.61 Å². The molecule has 1 aromatic carbocycles. The van der Waals surface area contributed by atoms with Crippen LogP contribution >= 0.6 is 0 Å². The molecule has 1 aromatic rings. The molecule has 1 heterocycles. The molecule has 0 bridgehead atoms. The standard InChI is InChI=1S/C19H26O7/c1-13(2)10-23-18(21)24-17(20)16-15(25-19(3,4)26-16)12-22-11-14-8-6-5-7-9-14/h5-9,13,15-16H,10-12H2,1-4H3/t15-,16+/m1/s1. The molecule has 7 heteroatoms. The van der Waals surface area contributed by atoms with Crippen molar-refractivity contribution in [2.75, 3.05) is 13.2 Å². The third-order valence-corrected chi connectivity index (χ3v) is 3.53. The maximum absolute atomic E-state index is 12.2. The molecule has 1 saturated heterocycles. The number of ether oxygens (including phenoxy) is 5. The molecule has 0 spiro atoms. The Morgan fingerprint density at radius 3 is 2.50 bits per heavy atom. The van der Waals surface area contributed by atoms with Crippen LogP contribution in [-0.2, 0) is 35.1 Å². The lowest BCUT2D eigenvalue weighted by atomic mass is 10.2. The second-order valence-corrected chi connectivity index (χ2v) is 6.97.